The number of nitrogens with zero attached hydrogens (tertiary/aromatic N) is 2. The number of carbonyl (C=O) groups is 1. The summed E-state index contributed by atoms with van der Waals surface area (Å²) in [7, 11) is -2.54. The van der Waals surface area contributed by atoms with E-state index in [4.69, 9.17) is 31.5 Å². The predicted octanol–water partition coefficient (Wildman–Crippen LogP) is 3.46. The highest BCUT2D eigenvalue weighted by atomic mass is 35.5. The number of aromatic amines is 1. The van der Waals surface area contributed by atoms with E-state index in [0.29, 0.717) is 27.6 Å². The molecule has 3 heterocycles. The number of fused-ring (bicyclic) bond motifs is 1. The number of methoxy groups -OCH3 is 1. The molecule has 0 saturated carbocycles. The first-order chi connectivity index (χ1) is 18.3. The maximum absolute atomic E-state index is 13.7. The van der Waals surface area contributed by atoms with Gasteiger partial charge in [0.1, 0.15) is 29.0 Å². The number of nitrogens with two attached hydrogens (primary N) is 1. The molecule has 0 radical (unpaired) electrons. The van der Waals surface area contributed by atoms with E-state index in [9.17, 15) is 13.2 Å². The van der Waals surface area contributed by atoms with Gasteiger partial charge in [0.2, 0.25) is 15.9 Å². The van der Waals surface area contributed by atoms with E-state index in [1.807, 2.05) is 36.4 Å². The number of halogens is 1. The normalized spacial score (nSPS) is 16.4. The minimum atomic E-state index is -4.11. The van der Waals surface area contributed by atoms with E-state index in [2.05, 4.69) is 9.97 Å². The summed E-state index contributed by atoms with van der Waals surface area (Å²) in [5.41, 5.74) is 7.53. The lowest BCUT2D eigenvalue weighted by Gasteiger charge is -2.32. The van der Waals surface area contributed by atoms with E-state index >= 15 is 0 Å². The number of hydrogen-bond acceptors (Lipinski definition) is 7. The van der Waals surface area contributed by atoms with Crippen LogP contribution >= 0.6 is 11.6 Å². The number of benzene rings is 2. The number of H-pyrrole nitrogens is 1. The fourth-order valence-corrected chi connectivity index (χ4v) is 6.38. The third-order valence-electron chi connectivity index (χ3n) is 6.22. The van der Waals surface area contributed by atoms with Crippen molar-refractivity contribution >= 4 is 38.4 Å². The number of rotatable bonds is 8. The third kappa shape index (κ3) is 5.05. The number of morpholine rings is 1. The Bertz CT molecular complexity index is 1590. The van der Waals surface area contributed by atoms with Gasteiger partial charge in [0, 0.05) is 40.8 Å². The Morgan fingerprint density at radius 2 is 2.03 bits per heavy atom. The number of sulfonamides is 1. The van der Waals surface area contributed by atoms with Crippen molar-refractivity contribution in [3.8, 4) is 22.8 Å². The second-order valence-corrected chi connectivity index (χ2v) is 10.9. The number of carbonyl (C=O) groups excluding carboxylic acids is 1. The molecule has 10 nitrogen and oxygen atoms in total. The topological polar surface area (TPSA) is 137 Å². The van der Waals surface area contributed by atoms with E-state index in [-0.39, 0.29) is 36.9 Å². The van der Waals surface area contributed by atoms with Gasteiger partial charge in [0.25, 0.3) is 5.91 Å². The molecule has 0 spiro atoms. The van der Waals surface area contributed by atoms with Crippen molar-refractivity contribution in [1.29, 1.82) is 0 Å². The highest BCUT2D eigenvalue weighted by Crippen LogP contribution is 2.33. The van der Waals surface area contributed by atoms with Gasteiger partial charge in [0.15, 0.2) is 0 Å². The van der Waals surface area contributed by atoms with Crippen molar-refractivity contribution in [2.75, 3.05) is 33.4 Å². The fourth-order valence-electron chi connectivity index (χ4n) is 4.41. The lowest BCUT2D eigenvalue weighted by molar-refractivity contribution is -0.0249. The summed E-state index contributed by atoms with van der Waals surface area (Å²) >= 11 is 6.11. The maximum atomic E-state index is 13.7. The molecule has 38 heavy (non-hydrogen) atoms. The average Bonchev–Trinajstić information content (AvgIpc) is 3.32. The van der Waals surface area contributed by atoms with Gasteiger partial charge < -0.3 is 24.9 Å². The molecular weight excluding hydrogens is 532 g/mol. The molecule has 2 aromatic heterocycles. The second-order valence-electron chi connectivity index (χ2n) is 8.63. The lowest BCUT2D eigenvalue weighted by Crippen LogP contribution is -2.47. The van der Waals surface area contributed by atoms with E-state index in [1.54, 1.807) is 25.4 Å². The largest absolute Gasteiger partial charge is 0.491 e. The number of primary amides is 1. The first kappa shape index (κ1) is 26.0. The number of amides is 1. The summed E-state index contributed by atoms with van der Waals surface area (Å²) in [5.74, 6) is 0.244. The van der Waals surface area contributed by atoms with Crippen LogP contribution in [0.1, 0.15) is 10.5 Å². The molecule has 1 saturated heterocycles. The summed E-state index contributed by atoms with van der Waals surface area (Å²) in [6.45, 7) is 0.455. The smallest absolute Gasteiger partial charge is 0.266 e. The van der Waals surface area contributed by atoms with Crippen LogP contribution in [0.15, 0.2) is 65.7 Å². The molecule has 1 atom stereocenters. The van der Waals surface area contributed by atoms with Crippen molar-refractivity contribution in [2.24, 2.45) is 5.73 Å². The molecule has 0 bridgehead atoms. The van der Waals surface area contributed by atoms with Crippen LogP contribution in [0.25, 0.3) is 22.0 Å². The molecule has 4 aromatic rings. The predicted molar refractivity (Wildman–Crippen MR) is 142 cm³/mol. The van der Waals surface area contributed by atoms with Crippen LogP contribution in [-0.4, -0.2) is 68.1 Å². The summed E-state index contributed by atoms with van der Waals surface area (Å²) in [5, 5.41) is 0.640. The Morgan fingerprint density at radius 1 is 1.24 bits per heavy atom. The van der Waals surface area contributed by atoms with Gasteiger partial charge in [0.05, 0.1) is 13.7 Å². The van der Waals surface area contributed by atoms with Gasteiger partial charge >= 0.3 is 0 Å². The lowest BCUT2D eigenvalue weighted by atomic mass is 10.1. The first-order valence-electron chi connectivity index (χ1n) is 11.7. The standard InChI is InChI=1S/C26H25ClN4O6S/c1-35-26-20(3-2-10-29-26)16-4-7-18(8-5-16)37-15-19-14-31(11-12-36-19)38(33,34)24-21-13-17(27)6-9-22(21)30-23(24)25(28)32/h2-10,13,19,30H,11-12,14-15H2,1H3,(H2,28,32)/t19-/m0/s1. The minimum absolute atomic E-state index is 0.0404. The number of ether oxygens (including phenoxy) is 3. The quantitative estimate of drug-likeness (QED) is 0.339. The number of aromatic nitrogens is 2. The molecule has 1 aliphatic heterocycles. The molecule has 1 aliphatic rings. The van der Waals surface area contributed by atoms with E-state index < -0.39 is 22.0 Å². The molecule has 5 rings (SSSR count). The van der Waals surface area contributed by atoms with E-state index in [0.717, 1.165) is 11.1 Å². The van der Waals surface area contributed by atoms with Gasteiger partial charge in [-0.3, -0.25) is 4.79 Å². The van der Waals surface area contributed by atoms with Crippen LogP contribution in [0, 0.1) is 0 Å². The van der Waals surface area contributed by atoms with Crippen LogP contribution in [0.5, 0.6) is 11.6 Å². The molecule has 0 aliphatic carbocycles. The molecule has 1 amide bonds. The second kappa shape index (κ2) is 10.6. The van der Waals surface area contributed by atoms with Crippen molar-refractivity contribution in [1.82, 2.24) is 14.3 Å². The summed E-state index contributed by atoms with van der Waals surface area (Å²) in [6, 6.07) is 15.9. The Hall–Kier alpha value is -3.64. The molecule has 198 valence electrons. The Balaban J connectivity index is 1.31. The molecule has 0 unspecified atom stereocenters. The highest BCUT2D eigenvalue weighted by Gasteiger charge is 2.36. The van der Waals surface area contributed by atoms with Gasteiger partial charge in [-0.05, 0) is 48.0 Å². The molecule has 2 aromatic carbocycles. The highest BCUT2D eigenvalue weighted by molar-refractivity contribution is 7.89. The Kier molecular flexibility index (Phi) is 7.26. The maximum Gasteiger partial charge on any atom is 0.266 e. The zero-order valence-corrected chi connectivity index (χ0v) is 22.0. The summed E-state index contributed by atoms with van der Waals surface area (Å²) < 4.78 is 45.6. The number of pyridine rings is 1. The Labute approximate surface area is 224 Å². The van der Waals surface area contributed by atoms with Crippen LogP contribution in [0.2, 0.25) is 5.02 Å². The SMILES string of the molecule is COc1ncccc1-c1ccc(OC[C@@H]2CN(S(=O)(=O)c3c(C(N)=O)[nH]c4ccc(Cl)cc34)CCO2)cc1. The average molecular weight is 557 g/mol. The van der Waals surface area contributed by atoms with Gasteiger partial charge in [-0.25, -0.2) is 13.4 Å². The fraction of sp³-hybridized carbons (Fsp3) is 0.231. The first-order valence-corrected chi connectivity index (χ1v) is 13.5. The Morgan fingerprint density at radius 3 is 2.76 bits per heavy atom. The van der Waals surface area contributed by atoms with Crippen molar-refractivity contribution in [3.63, 3.8) is 0 Å². The zero-order valence-electron chi connectivity index (χ0n) is 20.4. The van der Waals surface area contributed by atoms with Crippen molar-refractivity contribution in [3.05, 3.63) is 71.5 Å². The molecular formula is C26H25ClN4O6S. The third-order valence-corrected chi connectivity index (χ3v) is 8.41. The number of nitrogens with one attached hydrogen (secondary N) is 1. The van der Waals surface area contributed by atoms with Crippen LogP contribution in [0.3, 0.4) is 0 Å². The minimum Gasteiger partial charge on any atom is -0.491 e. The monoisotopic (exact) mass is 556 g/mol. The van der Waals surface area contributed by atoms with Crippen molar-refractivity contribution in [2.45, 2.75) is 11.0 Å². The molecule has 12 heteroatoms. The summed E-state index contributed by atoms with van der Waals surface area (Å²) in [6.07, 6.45) is 1.14. The van der Waals surface area contributed by atoms with E-state index in [1.165, 1.54) is 10.4 Å². The van der Waals surface area contributed by atoms with Crippen molar-refractivity contribution < 1.29 is 27.4 Å². The van der Waals surface area contributed by atoms with Gasteiger partial charge in [-0.1, -0.05) is 23.7 Å². The summed E-state index contributed by atoms with van der Waals surface area (Å²) in [4.78, 5) is 18.9. The number of hydrogen-bond donors (Lipinski definition) is 2. The van der Waals surface area contributed by atoms with Crippen LogP contribution < -0.4 is 15.2 Å². The van der Waals surface area contributed by atoms with Gasteiger partial charge in [-0.15, -0.1) is 0 Å². The zero-order chi connectivity index (χ0) is 26.9. The molecule has 3 N–H and O–H groups in total. The van der Waals surface area contributed by atoms with Crippen LogP contribution in [-0.2, 0) is 14.8 Å². The van der Waals surface area contributed by atoms with Crippen LogP contribution in [0.4, 0.5) is 0 Å². The molecule has 1 fully saturated rings. The van der Waals surface area contributed by atoms with Gasteiger partial charge in [-0.2, -0.15) is 4.31 Å².